The third kappa shape index (κ3) is 6.15. The van der Waals surface area contributed by atoms with Crippen LogP contribution in [0.4, 0.5) is 0 Å². The van der Waals surface area contributed by atoms with Gasteiger partial charge in [0.2, 0.25) is 0 Å². The second kappa shape index (κ2) is 7.75. The van der Waals surface area contributed by atoms with Gasteiger partial charge in [0.1, 0.15) is 4.90 Å². The lowest BCUT2D eigenvalue weighted by atomic mass is 10.2. The van der Waals surface area contributed by atoms with E-state index in [2.05, 4.69) is 21.0 Å². The second-order valence-electron chi connectivity index (χ2n) is 6.29. The average Bonchev–Trinajstić information content (AvgIpc) is 2.47. The molecular weight excluding hydrogens is 314 g/mol. The fourth-order valence-electron chi connectivity index (χ4n) is 1.79. The van der Waals surface area contributed by atoms with Crippen LogP contribution < -0.4 is 0 Å². The van der Waals surface area contributed by atoms with Gasteiger partial charge in [0.05, 0.1) is 27.2 Å². The molecular formula is C17H26NO4S+. The van der Waals surface area contributed by atoms with E-state index >= 15 is 0 Å². The molecule has 0 aliphatic carbocycles. The van der Waals surface area contributed by atoms with Gasteiger partial charge >= 0.3 is 16.1 Å². The highest BCUT2D eigenvalue weighted by molar-refractivity contribution is 7.87. The average molecular weight is 340 g/mol. The van der Waals surface area contributed by atoms with Crippen molar-refractivity contribution in [2.24, 2.45) is 0 Å². The van der Waals surface area contributed by atoms with Gasteiger partial charge in [-0.05, 0) is 32.9 Å². The summed E-state index contributed by atoms with van der Waals surface area (Å²) in [5.74, 6) is -0.827. The van der Waals surface area contributed by atoms with E-state index in [4.69, 9.17) is 4.18 Å². The smallest absolute Gasteiger partial charge is 0.338 e. The van der Waals surface area contributed by atoms with E-state index in [1.165, 1.54) is 12.1 Å². The molecule has 23 heavy (non-hydrogen) atoms. The Kier molecular flexibility index (Phi) is 6.53. The van der Waals surface area contributed by atoms with Crippen LogP contribution in [0.15, 0.2) is 40.8 Å². The van der Waals surface area contributed by atoms with Crippen LogP contribution in [-0.4, -0.2) is 46.1 Å². The predicted octanol–water partition coefficient (Wildman–Crippen LogP) is 2.66. The molecule has 5 nitrogen and oxygen atoms in total. The van der Waals surface area contributed by atoms with E-state index in [1.807, 2.05) is 6.92 Å². The van der Waals surface area contributed by atoms with Gasteiger partial charge < -0.3 is 8.67 Å². The number of rotatable bonds is 7. The quantitative estimate of drug-likeness (QED) is 0.435. The first-order valence-corrected chi connectivity index (χ1v) is 9.02. The number of nitrogens with zero attached hydrogens (tertiary/aromatic N) is 1. The lowest BCUT2D eigenvalue weighted by Crippen LogP contribution is -2.39. The summed E-state index contributed by atoms with van der Waals surface area (Å²) in [4.78, 5) is 11.9. The molecule has 0 aliphatic heterocycles. The summed E-state index contributed by atoms with van der Waals surface area (Å²) < 4.78 is 29.7. The van der Waals surface area contributed by atoms with E-state index in [1.54, 1.807) is 25.1 Å². The van der Waals surface area contributed by atoms with Gasteiger partial charge in [-0.2, -0.15) is 8.42 Å². The van der Waals surface area contributed by atoms with Gasteiger partial charge in [0.25, 0.3) is 0 Å². The molecule has 1 aromatic rings. The first-order valence-electron chi connectivity index (χ1n) is 7.61. The van der Waals surface area contributed by atoms with Crippen LogP contribution in [0.25, 0.3) is 0 Å². The minimum absolute atomic E-state index is 0.0203. The van der Waals surface area contributed by atoms with Crippen LogP contribution in [0.1, 0.15) is 25.8 Å². The van der Waals surface area contributed by atoms with Gasteiger partial charge in [0, 0.05) is 12.0 Å². The number of carbonyl (C=O) groups is 1. The summed E-state index contributed by atoms with van der Waals surface area (Å²) in [5, 5.41) is 0. The van der Waals surface area contributed by atoms with Crippen molar-refractivity contribution in [2.75, 3.05) is 27.2 Å². The summed E-state index contributed by atoms with van der Waals surface area (Å²) in [6.07, 6.45) is 2.41. The minimum Gasteiger partial charge on any atom is -0.338 e. The summed E-state index contributed by atoms with van der Waals surface area (Å²) >= 11 is 0. The number of hydrogen-bond donors (Lipinski definition) is 0. The topological polar surface area (TPSA) is 60.4 Å². The van der Waals surface area contributed by atoms with Crippen LogP contribution in [0.5, 0.6) is 0 Å². The van der Waals surface area contributed by atoms with E-state index in [9.17, 15) is 13.2 Å². The normalized spacial score (nSPS) is 13.0. The van der Waals surface area contributed by atoms with Crippen LogP contribution in [0, 0.1) is 6.92 Å². The van der Waals surface area contributed by atoms with E-state index in [0.29, 0.717) is 12.0 Å². The standard InChI is InChI=1S/C17H26NO4S/c1-6-18(4,5)13-7-8-15(3)17(19)22-23(20,21)16-11-9-14(2)10-12-16/h8-12H,6-7,13H2,1-5H3/q+1. The molecule has 0 aromatic heterocycles. The molecule has 0 saturated carbocycles. The molecule has 0 aliphatic rings. The Bertz CT molecular complexity index is 673. The molecule has 6 heteroatoms. The van der Waals surface area contributed by atoms with Crippen molar-refractivity contribution in [1.82, 2.24) is 0 Å². The Balaban J connectivity index is 2.72. The number of carbonyl (C=O) groups excluding carboxylic acids is 1. The van der Waals surface area contributed by atoms with Crippen LogP contribution >= 0.6 is 0 Å². The van der Waals surface area contributed by atoms with Crippen molar-refractivity contribution in [3.8, 4) is 0 Å². The van der Waals surface area contributed by atoms with Crippen molar-refractivity contribution in [3.05, 3.63) is 41.5 Å². The van der Waals surface area contributed by atoms with Crippen molar-refractivity contribution >= 4 is 16.1 Å². The summed E-state index contributed by atoms with van der Waals surface area (Å²) in [5.41, 5.74) is 1.24. The zero-order valence-corrected chi connectivity index (χ0v) is 15.3. The monoisotopic (exact) mass is 340 g/mol. The molecule has 0 amide bonds. The fourth-order valence-corrected chi connectivity index (χ4v) is 2.69. The van der Waals surface area contributed by atoms with E-state index in [-0.39, 0.29) is 4.90 Å². The van der Waals surface area contributed by atoms with Gasteiger partial charge in [0.15, 0.2) is 0 Å². The molecule has 0 fully saturated rings. The van der Waals surface area contributed by atoms with Crippen molar-refractivity contribution in [2.45, 2.75) is 32.1 Å². The van der Waals surface area contributed by atoms with Crippen LogP contribution in [0.2, 0.25) is 0 Å². The highest BCUT2D eigenvalue weighted by Gasteiger charge is 2.21. The maximum Gasteiger partial charge on any atom is 0.349 e. The van der Waals surface area contributed by atoms with E-state index < -0.39 is 16.1 Å². The number of benzene rings is 1. The van der Waals surface area contributed by atoms with Crippen LogP contribution in [0.3, 0.4) is 0 Å². The van der Waals surface area contributed by atoms with Gasteiger partial charge in [-0.3, -0.25) is 0 Å². The first kappa shape index (κ1) is 19.4. The zero-order valence-electron chi connectivity index (χ0n) is 14.5. The Morgan fingerprint density at radius 1 is 1.22 bits per heavy atom. The first-order chi connectivity index (χ1) is 10.6. The molecule has 0 bridgehead atoms. The van der Waals surface area contributed by atoms with Crippen molar-refractivity contribution < 1.29 is 21.9 Å². The Hall–Kier alpha value is -1.66. The maximum absolute atomic E-state index is 12.1. The Labute approximate surface area is 139 Å². The highest BCUT2D eigenvalue weighted by atomic mass is 32.2. The SMILES string of the molecule is CC[N+](C)(C)CCC=C(C)C(=O)OS(=O)(=O)c1ccc(C)cc1. The molecule has 0 spiro atoms. The summed E-state index contributed by atoms with van der Waals surface area (Å²) in [6.45, 7) is 7.37. The Morgan fingerprint density at radius 3 is 2.30 bits per heavy atom. The fraction of sp³-hybridized carbons (Fsp3) is 0.471. The maximum atomic E-state index is 12.1. The zero-order chi connectivity index (χ0) is 17.7. The molecule has 1 rings (SSSR count). The number of aryl methyl sites for hydroxylation is 1. The lowest BCUT2D eigenvalue weighted by Gasteiger charge is -2.27. The summed E-state index contributed by atoms with van der Waals surface area (Å²) in [6, 6.07) is 6.18. The predicted molar refractivity (Wildman–Crippen MR) is 90.3 cm³/mol. The van der Waals surface area contributed by atoms with Crippen molar-refractivity contribution in [1.29, 1.82) is 0 Å². The molecule has 0 radical (unpaired) electrons. The molecule has 128 valence electrons. The second-order valence-corrected chi connectivity index (χ2v) is 7.84. The van der Waals surface area contributed by atoms with Gasteiger partial charge in [-0.1, -0.05) is 23.8 Å². The summed E-state index contributed by atoms with van der Waals surface area (Å²) in [7, 11) is 0.127. The van der Waals surface area contributed by atoms with Gasteiger partial charge in [-0.15, -0.1) is 0 Å². The molecule has 0 heterocycles. The molecule has 0 unspecified atom stereocenters. The Morgan fingerprint density at radius 2 is 1.78 bits per heavy atom. The number of quaternary nitrogens is 1. The third-order valence-electron chi connectivity index (χ3n) is 3.86. The third-order valence-corrected chi connectivity index (χ3v) is 5.08. The minimum atomic E-state index is -4.07. The molecule has 0 saturated heterocycles. The number of hydrogen-bond acceptors (Lipinski definition) is 4. The van der Waals surface area contributed by atoms with Crippen molar-refractivity contribution in [3.63, 3.8) is 0 Å². The van der Waals surface area contributed by atoms with Crippen LogP contribution in [-0.2, 0) is 19.1 Å². The van der Waals surface area contributed by atoms with Gasteiger partial charge in [-0.25, -0.2) is 4.79 Å². The molecule has 0 atom stereocenters. The molecule has 0 N–H and O–H groups in total. The molecule has 1 aromatic carbocycles. The highest BCUT2D eigenvalue weighted by Crippen LogP contribution is 2.15. The van der Waals surface area contributed by atoms with E-state index in [0.717, 1.165) is 23.1 Å². The largest absolute Gasteiger partial charge is 0.349 e. The lowest BCUT2D eigenvalue weighted by molar-refractivity contribution is -0.888.